The first-order chi connectivity index (χ1) is 12.6. The number of piperidine rings is 1. The fourth-order valence-electron chi connectivity index (χ4n) is 3.58. The number of likely N-dealkylation sites (tertiary alicyclic amines) is 1. The fraction of sp³-hybridized carbons (Fsp3) is 0.350. The second-order valence-corrected chi connectivity index (χ2v) is 6.91. The van der Waals surface area contributed by atoms with Crippen LogP contribution in [0.3, 0.4) is 0 Å². The van der Waals surface area contributed by atoms with Gasteiger partial charge in [-0.3, -0.25) is 0 Å². The second kappa shape index (κ2) is 7.03. The zero-order valence-corrected chi connectivity index (χ0v) is 14.7. The van der Waals surface area contributed by atoms with E-state index in [1.165, 1.54) is 22.9 Å². The third-order valence-corrected chi connectivity index (χ3v) is 4.87. The minimum absolute atomic E-state index is 0.316. The number of halogens is 2. The lowest BCUT2D eigenvalue weighted by Crippen LogP contribution is -2.34. The molecule has 0 spiro atoms. The number of fused-ring (bicyclic) bond motifs is 1. The zero-order chi connectivity index (χ0) is 18.1. The van der Waals surface area contributed by atoms with Crippen LogP contribution in [-0.4, -0.2) is 41.4 Å². The number of aromatic nitrogens is 2. The molecule has 1 fully saturated rings. The van der Waals surface area contributed by atoms with E-state index in [0.29, 0.717) is 35.0 Å². The Balaban J connectivity index is 1.68. The topological polar surface area (TPSA) is 30.3 Å². The van der Waals surface area contributed by atoms with Gasteiger partial charge < -0.3 is 9.64 Å². The van der Waals surface area contributed by atoms with Crippen LogP contribution in [0, 0.1) is 17.6 Å². The van der Waals surface area contributed by atoms with Crippen LogP contribution in [0.4, 0.5) is 8.78 Å². The molecule has 4 nitrogen and oxygen atoms in total. The Bertz CT molecular complexity index is 925. The normalized spacial score (nSPS) is 18.3. The van der Waals surface area contributed by atoms with Gasteiger partial charge in [0.05, 0.1) is 17.5 Å². The highest BCUT2D eigenvalue weighted by molar-refractivity contribution is 5.86. The van der Waals surface area contributed by atoms with E-state index in [9.17, 15) is 8.78 Å². The molecule has 0 saturated carbocycles. The van der Waals surface area contributed by atoms with Gasteiger partial charge in [-0.05, 0) is 56.8 Å². The van der Waals surface area contributed by atoms with Gasteiger partial charge in [0.15, 0.2) is 0 Å². The average Bonchev–Trinajstić information content (AvgIpc) is 2.98. The van der Waals surface area contributed by atoms with Crippen LogP contribution in [0.5, 0.6) is 5.88 Å². The molecule has 1 saturated heterocycles. The van der Waals surface area contributed by atoms with E-state index in [4.69, 9.17) is 4.74 Å². The zero-order valence-electron chi connectivity index (χ0n) is 14.7. The van der Waals surface area contributed by atoms with E-state index >= 15 is 0 Å². The largest absolute Gasteiger partial charge is 0.476 e. The molecule has 3 aromatic rings. The minimum atomic E-state index is -0.387. The van der Waals surface area contributed by atoms with Crippen molar-refractivity contribution in [3.63, 3.8) is 0 Å². The smallest absolute Gasteiger partial charge is 0.241 e. The summed E-state index contributed by atoms with van der Waals surface area (Å²) in [7, 11) is 2.10. The van der Waals surface area contributed by atoms with Crippen molar-refractivity contribution in [3.8, 4) is 11.6 Å². The van der Waals surface area contributed by atoms with Gasteiger partial charge in [-0.15, -0.1) is 5.10 Å². The van der Waals surface area contributed by atoms with Gasteiger partial charge in [0, 0.05) is 12.5 Å². The standard InChI is InChI=1S/C20H21F2N3O/c1-24-10-4-5-14(12-24)13-26-20-16-11-15(21)8-9-18(16)25(23-20)19-7-3-2-6-17(19)22/h2-3,6-9,11,14H,4-5,10,12-13H2,1H3. The molecule has 1 aliphatic heterocycles. The molecule has 1 aliphatic rings. The molecular weight excluding hydrogens is 336 g/mol. The average molecular weight is 357 g/mol. The first kappa shape index (κ1) is 17.0. The van der Waals surface area contributed by atoms with Crippen molar-refractivity contribution in [3.05, 3.63) is 54.1 Å². The molecule has 2 aromatic carbocycles. The van der Waals surface area contributed by atoms with Crippen molar-refractivity contribution in [2.24, 2.45) is 5.92 Å². The van der Waals surface area contributed by atoms with E-state index in [0.717, 1.165) is 25.9 Å². The van der Waals surface area contributed by atoms with E-state index in [1.807, 2.05) is 0 Å². The molecular formula is C20H21F2N3O. The molecule has 4 rings (SSSR count). The lowest BCUT2D eigenvalue weighted by atomic mass is 10.00. The number of hydrogen-bond donors (Lipinski definition) is 0. The number of benzene rings is 2. The van der Waals surface area contributed by atoms with Crippen LogP contribution in [-0.2, 0) is 0 Å². The van der Waals surface area contributed by atoms with Gasteiger partial charge in [0.2, 0.25) is 5.88 Å². The summed E-state index contributed by atoms with van der Waals surface area (Å²) in [4.78, 5) is 2.28. The third-order valence-electron chi connectivity index (χ3n) is 4.87. The minimum Gasteiger partial charge on any atom is -0.476 e. The van der Waals surface area contributed by atoms with Crippen molar-refractivity contribution in [1.29, 1.82) is 0 Å². The molecule has 136 valence electrons. The molecule has 0 amide bonds. The Labute approximate surface area is 151 Å². The van der Waals surface area contributed by atoms with Crippen LogP contribution in [0.2, 0.25) is 0 Å². The maximum Gasteiger partial charge on any atom is 0.241 e. The molecule has 1 aromatic heterocycles. The summed E-state index contributed by atoms with van der Waals surface area (Å²) in [5.41, 5.74) is 0.934. The van der Waals surface area contributed by atoms with Crippen molar-refractivity contribution < 1.29 is 13.5 Å². The van der Waals surface area contributed by atoms with Gasteiger partial charge >= 0.3 is 0 Å². The molecule has 0 radical (unpaired) electrons. The summed E-state index contributed by atoms with van der Waals surface area (Å²) < 4.78 is 35.4. The SMILES string of the molecule is CN1CCCC(COc2nn(-c3ccccc3F)c3ccc(F)cc23)C1. The number of hydrogen-bond acceptors (Lipinski definition) is 3. The lowest BCUT2D eigenvalue weighted by Gasteiger charge is -2.29. The quantitative estimate of drug-likeness (QED) is 0.706. The summed E-state index contributed by atoms with van der Waals surface area (Å²) in [5.74, 6) is 0.00136. The van der Waals surface area contributed by atoms with Crippen molar-refractivity contribution in [1.82, 2.24) is 14.7 Å². The monoisotopic (exact) mass is 357 g/mol. The summed E-state index contributed by atoms with van der Waals surface area (Å²) in [5, 5.41) is 4.99. The molecule has 2 heterocycles. The Morgan fingerprint density at radius 1 is 1.19 bits per heavy atom. The van der Waals surface area contributed by atoms with Crippen LogP contribution in [0.25, 0.3) is 16.6 Å². The van der Waals surface area contributed by atoms with Gasteiger partial charge in [0.25, 0.3) is 0 Å². The molecule has 0 aliphatic carbocycles. The van der Waals surface area contributed by atoms with Gasteiger partial charge in [-0.25, -0.2) is 13.5 Å². The van der Waals surface area contributed by atoms with Crippen molar-refractivity contribution >= 4 is 10.9 Å². The van der Waals surface area contributed by atoms with E-state index in [1.54, 1.807) is 24.3 Å². The summed E-state index contributed by atoms with van der Waals surface area (Å²) >= 11 is 0. The Morgan fingerprint density at radius 2 is 2.04 bits per heavy atom. The molecule has 1 atom stereocenters. The second-order valence-electron chi connectivity index (χ2n) is 6.91. The van der Waals surface area contributed by atoms with Crippen LogP contribution in [0.1, 0.15) is 12.8 Å². The van der Waals surface area contributed by atoms with Crippen molar-refractivity contribution in [2.45, 2.75) is 12.8 Å². The molecule has 0 N–H and O–H groups in total. The number of ether oxygens (including phenoxy) is 1. The molecule has 26 heavy (non-hydrogen) atoms. The van der Waals surface area contributed by atoms with Crippen LogP contribution in [0.15, 0.2) is 42.5 Å². The van der Waals surface area contributed by atoms with Gasteiger partial charge in [-0.1, -0.05) is 12.1 Å². The fourth-order valence-corrected chi connectivity index (χ4v) is 3.58. The highest BCUT2D eigenvalue weighted by Crippen LogP contribution is 2.30. The van der Waals surface area contributed by atoms with Crippen molar-refractivity contribution in [2.75, 3.05) is 26.7 Å². The lowest BCUT2D eigenvalue weighted by molar-refractivity contribution is 0.148. The molecule has 0 bridgehead atoms. The highest BCUT2D eigenvalue weighted by atomic mass is 19.1. The predicted octanol–water partition coefficient (Wildman–Crippen LogP) is 4.02. The number of rotatable bonds is 4. The van der Waals surface area contributed by atoms with Gasteiger partial charge in [-0.2, -0.15) is 0 Å². The Kier molecular flexibility index (Phi) is 4.59. The van der Waals surface area contributed by atoms with E-state index in [2.05, 4.69) is 17.0 Å². The maximum atomic E-state index is 14.2. The summed E-state index contributed by atoms with van der Waals surface area (Å²) in [6.45, 7) is 2.59. The predicted molar refractivity (Wildman–Crippen MR) is 96.7 cm³/mol. The molecule has 6 heteroatoms. The summed E-state index contributed by atoms with van der Waals surface area (Å²) in [6.07, 6.45) is 2.24. The van der Waals surface area contributed by atoms with Crippen LogP contribution < -0.4 is 4.74 Å². The maximum absolute atomic E-state index is 14.2. The number of nitrogens with zero attached hydrogens (tertiary/aromatic N) is 3. The third kappa shape index (κ3) is 3.29. The first-order valence-corrected chi connectivity index (χ1v) is 8.86. The molecule has 1 unspecified atom stereocenters. The summed E-state index contributed by atoms with van der Waals surface area (Å²) in [6, 6.07) is 10.7. The Hall–Kier alpha value is -2.47. The van der Waals surface area contributed by atoms with E-state index < -0.39 is 0 Å². The van der Waals surface area contributed by atoms with Gasteiger partial charge in [0.1, 0.15) is 17.3 Å². The number of para-hydroxylation sites is 1. The van der Waals surface area contributed by atoms with E-state index in [-0.39, 0.29) is 11.6 Å². The highest BCUT2D eigenvalue weighted by Gasteiger charge is 2.20. The first-order valence-electron chi connectivity index (χ1n) is 8.86. The van der Waals surface area contributed by atoms with Crippen LogP contribution >= 0.6 is 0 Å². The Morgan fingerprint density at radius 3 is 2.85 bits per heavy atom.